The highest BCUT2D eigenvalue weighted by Crippen LogP contribution is 2.49. The van der Waals surface area contributed by atoms with Crippen LogP contribution in [0.15, 0.2) is 126 Å². The first-order valence-electron chi connectivity index (χ1n) is 12.0. The lowest BCUT2D eigenvalue weighted by molar-refractivity contribution is -0.151. The van der Waals surface area contributed by atoms with Gasteiger partial charge in [-0.25, -0.2) is 9.79 Å². The minimum atomic E-state index is -1.49. The van der Waals surface area contributed by atoms with E-state index in [2.05, 4.69) is 0 Å². The second-order valence-electron chi connectivity index (χ2n) is 8.51. The third-order valence-corrected chi connectivity index (χ3v) is 6.35. The van der Waals surface area contributed by atoms with Crippen LogP contribution in [0, 0.1) is 0 Å². The standard InChI is InChI=1S/C31H26N2O3/c1-2-36-30(35)31(26-21-13-6-14-22-26)27(23-15-7-3-8-16-23)33(29(34)25-19-11-5-12-20-25)28(32-31)24-17-9-4-10-18-24/h3-22,27H,2H2,1H3/t27-,31-/m1/s1. The Balaban J connectivity index is 1.84. The minimum Gasteiger partial charge on any atom is -0.464 e. The molecule has 5 heteroatoms. The van der Waals surface area contributed by atoms with Crippen LogP contribution >= 0.6 is 0 Å². The summed E-state index contributed by atoms with van der Waals surface area (Å²) in [5, 5.41) is 0. The number of hydrogen-bond acceptors (Lipinski definition) is 4. The highest BCUT2D eigenvalue weighted by molar-refractivity contribution is 6.16. The number of nitrogens with zero attached hydrogens (tertiary/aromatic N) is 2. The number of rotatable bonds is 6. The second kappa shape index (κ2) is 10.0. The van der Waals surface area contributed by atoms with Gasteiger partial charge in [-0.2, -0.15) is 0 Å². The minimum absolute atomic E-state index is 0.192. The number of ether oxygens (including phenoxy) is 1. The summed E-state index contributed by atoms with van der Waals surface area (Å²) in [5.74, 6) is -0.314. The Morgan fingerprint density at radius 3 is 1.89 bits per heavy atom. The molecule has 0 fully saturated rings. The van der Waals surface area contributed by atoms with Gasteiger partial charge in [0.25, 0.3) is 5.91 Å². The van der Waals surface area contributed by atoms with Gasteiger partial charge in [0.05, 0.1) is 6.61 Å². The first-order chi connectivity index (χ1) is 17.7. The molecule has 5 rings (SSSR count). The highest BCUT2D eigenvalue weighted by Gasteiger charge is 2.59. The lowest BCUT2D eigenvalue weighted by atomic mass is 9.79. The quantitative estimate of drug-likeness (QED) is 0.333. The third-order valence-electron chi connectivity index (χ3n) is 6.35. The van der Waals surface area contributed by atoms with E-state index in [4.69, 9.17) is 9.73 Å². The maximum absolute atomic E-state index is 14.2. The number of aliphatic imine (C=N–C) groups is 1. The van der Waals surface area contributed by atoms with Crippen LogP contribution in [0.4, 0.5) is 0 Å². The van der Waals surface area contributed by atoms with E-state index in [1.807, 2.05) is 109 Å². The van der Waals surface area contributed by atoms with Crippen LogP contribution in [0.2, 0.25) is 0 Å². The monoisotopic (exact) mass is 474 g/mol. The largest absolute Gasteiger partial charge is 0.464 e. The van der Waals surface area contributed by atoms with Gasteiger partial charge in [-0.05, 0) is 30.2 Å². The van der Waals surface area contributed by atoms with Gasteiger partial charge in [0.1, 0.15) is 11.9 Å². The van der Waals surface area contributed by atoms with E-state index < -0.39 is 17.6 Å². The fourth-order valence-corrected chi connectivity index (χ4v) is 4.77. The first kappa shape index (κ1) is 23.2. The summed E-state index contributed by atoms with van der Waals surface area (Å²) in [6, 6.07) is 36.8. The van der Waals surface area contributed by atoms with Crippen LogP contribution < -0.4 is 0 Å². The van der Waals surface area contributed by atoms with Crippen molar-refractivity contribution in [1.82, 2.24) is 4.90 Å². The zero-order valence-corrected chi connectivity index (χ0v) is 20.0. The van der Waals surface area contributed by atoms with Crippen molar-refractivity contribution in [1.29, 1.82) is 0 Å². The van der Waals surface area contributed by atoms with E-state index in [9.17, 15) is 9.59 Å². The van der Waals surface area contributed by atoms with Gasteiger partial charge in [-0.3, -0.25) is 9.69 Å². The number of esters is 1. The highest BCUT2D eigenvalue weighted by atomic mass is 16.5. The summed E-state index contributed by atoms with van der Waals surface area (Å²) < 4.78 is 5.67. The predicted molar refractivity (Wildman–Crippen MR) is 140 cm³/mol. The SMILES string of the molecule is CCOC(=O)[C@]1(c2ccccc2)N=C(c2ccccc2)N(C(=O)c2ccccc2)[C@@H]1c1ccccc1. The summed E-state index contributed by atoms with van der Waals surface area (Å²) >= 11 is 0. The molecule has 1 amide bonds. The van der Waals surface area contributed by atoms with Crippen LogP contribution in [-0.4, -0.2) is 29.2 Å². The third kappa shape index (κ3) is 3.99. The molecular weight excluding hydrogens is 448 g/mol. The van der Waals surface area contributed by atoms with E-state index in [0.29, 0.717) is 17.0 Å². The van der Waals surface area contributed by atoms with E-state index in [1.165, 1.54) is 0 Å². The molecule has 0 bridgehead atoms. The Morgan fingerprint density at radius 2 is 1.31 bits per heavy atom. The van der Waals surface area contributed by atoms with Gasteiger partial charge in [-0.15, -0.1) is 0 Å². The molecule has 4 aromatic carbocycles. The van der Waals surface area contributed by atoms with Crippen LogP contribution in [0.3, 0.4) is 0 Å². The van der Waals surface area contributed by atoms with Crippen LogP contribution in [-0.2, 0) is 15.1 Å². The lowest BCUT2D eigenvalue weighted by Gasteiger charge is -2.36. The van der Waals surface area contributed by atoms with Crippen LogP contribution in [0.1, 0.15) is 40.0 Å². The second-order valence-corrected chi connectivity index (χ2v) is 8.51. The van der Waals surface area contributed by atoms with Crippen molar-refractivity contribution in [3.63, 3.8) is 0 Å². The van der Waals surface area contributed by atoms with Crippen molar-refractivity contribution < 1.29 is 14.3 Å². The molecule has 4 aromatic rings. The molecule has 0 saturated heterocycles. The fourth-order valence-electron chi connectivity index (χ4n) is 4.77. The van der Waals surface area contributed by atoms with Gasteiger partial charge >= 0.3 is 5.97 Å². The number of benzene rings is 4. The Morgan fingerprint density at radius 1 is 0.778 bits per heavy atom. The number of amidine groups is 1. The molecule has 1 aliphatic rings. The summed E-state index contributed by atoms with van der Waals surface area (Å²) in [6.07, 6.45) is 0. The van der Waals surface area contributed by atoms with Gasteiger partial charge in [0.2, 0.25) is 5.54 Å². The van der Waals surface area contributed by atoms with Crippen molar-refractivity contribution in [3.8, 4) is 0 Å². The summed E-state index contributed by atoms with van der Waals surface area (Å²) in [6.45, 7) is 1.97. The first-order valence-corrected chi connectivity index (χ1v) is 12.0. The average molecular weight is 475 g/mol. The number of carbonyl (C=O) groups is 2. The molecular formula is C31H26N2O3. The molecule has 36 heavy (non-hydrogen) atoms. The van der Waals surface area contributed by atoms with E-state index >= 15 is 0 Å². The molecule has 0 saturated carbocycles. The molecule has 0 unspecified atom stereocenters. The summed E-state index contributed by atoms with van der Waals surface area (Å²) in [7, 11) is 0. The molecule has 0 aliphatic carbocycles. The molecule has 0 radical (unpaired) electrons. The maximum atomic E-state index is 14.2. The fraction of sp³-hybridized carbons (Fsp3) is 0.129. The Kier molecular flexibility index (Phi) is 6.46. The summed E-state index contributed by atoms with van der Waals surface area (Å²) in [5.41, 5.74) is 1.20. The predicted octanol–water partition coefficient (Wildman–Crippen LogP) is 5.79. The van der Waals surface area contributed by atoms with Gasteiger partial charge in [0, 0.05) is 11.1 Å². The number of hydrogen-bond donors (Lipinski definition) is 0. The lowest BCUT2D eigenvalue weighted by Crippen LogP contribution is -2.46. The zero-order valence-electron chi connectivity index (χ0n) is 20.0. The molecule has 1 aliphatic heterocycles. The average Bonchev–Trinajstić information content (AvgIpc) is 3.32. The van der Waals surface area contributed by atoms with Crippen LogP contribution in [0.5, 0.6) is 0 Å². The smallest absolute Gasteiger partial charge is 0.341 e. The normalized spacial score (nSPS) is 19.0. The Hall–Kier alpha value is -4.51. The van der Waals surface area contributed by atoms with Crippen molar-refractivity contribution in [2.24, 2.45) is 4.99 Å². The molecule has 0 N–H and O–H groups in total. The molecule has 2 atom stereocenters. The summed E-state index contributed by atoms with van der Waals surface area (Å²) in [4.78, 5) is 34.9. The molecule has 0 aromatic heterocycles. The van der Waals surface area contributed by atoms with E-state index in [-0.39, 0.29) is 12.5 Å². The van der Waals surface area contributed by atoms with E-state index in [1.54, 1.807) is 24.0 Å². The van der Waals surface area contributed by atoms with E-state index in [0.717, 1.165) is 11.1 Å². The Bertz CT molecular complexity index is 1370. The van der Waals surface area contributed by atoms with Gasteiger partial charge in [-0.1, -0.05) is 109 Å². The van der Waals surface area contributed by atoms with Crippen molar-refractivity contribution in [2.45, 2.75) is 18.5 Å². The zero-order chi connectivity index (χ0) is 25.0. The van der Waals surface area contributed by atoms with Crippen LogP contribution in [0.25, 0.3) is 0 Å². The molecule has 0 spiro atoms. The van der Waals surface area contributed by atoms with Crippen molar-refractivity contribution in [3.05, 3.63) is 144 Å². The molecule has 178 valence electrons. The van der Waals surface area contributed by atoms with Gasteiger partial charge in [0.15, 0.2) is 0 Å². The number of amides is 1. The molecule has 1 heterocycles. The maximum Gasteiger partial charge on any atom is 0.341 e. The Labute approximate surface area is 210 Å². The van der Waals surface area contributed by atoms with Crippen molar-refractivity contribution >= 4 is 17.7 Å². The number of carbonyl (C=O) groups excluding carboxylic acids is 2. The molecule has 5 nitrogen and oxygen atoms in total. The van der Waals surface area contributed by atoms with Gasteiger partial charge < -0.3 is 4.74 Å². The van der Waals surface area contributed by atoms with Crippen molar-refractivity contribution in [2.75, 3.05) is 6.61 Å². The topological polar surface area (TPSA) is 59.0 Å².